The molecule has 10 nitrogen and oxygen atoms in total. The first-order valence-electron chi connectivity index (χ1n) is 12.0. The Morgan fingerprint density at radius 3 is 1.20 bits per heavy atom. The first-order chi connectivity index (χ1) is 19.5. The maximum absolute atomic E-state index is 10.0. The molecule has 0 bridgehead atoms. The summed E-state index contributed by atoms with van der Waals surface area (Å²) in [5.41, 5.74) is 5.22. The summed E-state index contributed by atoms with van der Waals surface area (Å²) in [6.45, 7) is 0. The van der Waals surface area contributed by atoms with Gasteiger partial charge in [0.1, 0.15) is 0 Å². The van der Waals surface area contributed by atoms with Crippen LogP contribution >= 0.6 is 0 Å². The van der Waals surface area contributed by atoms with E-state index in [1.807, 2.05) is 48.5 Å². The van der Waals surface area contributed by atoms with Crippen molar-refractivity contribution in [3.05, 3.63) is 121 Å². The van der Waals surface area contributed by atoms with E-state index in [1.165, 1.54) is 24.5 Å². The Hall–Kier alpha value is -5.39. The zero-order valence-electron chi connectivity index (χ0n) is 21.0. The molecule has 0 fully saturated rings. The number of carbonyl (C=O) groups excluding carboxylic acids is 2. The fourth-order valence-corrected chi connectivity index (χ4v) is 3.91. The number of aromatic carboxylic acids is 2. The van der Waals surface area contributed by atoms with E-state index in [0.29, 0.717) is 0 Å². The molecule has 0 aliphatic heterocycles. The van der Waals surface area contributed by atoms with Crippen LogP contribution in [0, 0.1) is 0 Å². The fraction of sp³-hybridized carbons (Fsp3) is 0. The Kier molecular flexibility index (Phi) is 9.15. The van der Waals surface area contributed by atoms with Gasteiger partial charge in [-0.2, -0.15) is 0 Å². The molecule has 0 N–H and O–H groups in total. The van der Waals surface area contributed by atoms with E-state index in [9.17, 15) is 19.8 Å². The first kappa shape index (κ1) is 28.6. The summed E-state index contributed by atoms with van der Waals surface area (Å²) in [5.74, 6) is -2.48. The summed E-state index contributed by atoms with van der Waals surface area (Å²) in [7, 11) is 0. The van der Waals surface area contributed by atoms with E-state index < -0.39 is 11.9 Å². The number of carboxylic acids is 2. The molecule has 0 unspecified atom stereocenters. The SMILES string of the molecule is O=C([O-])c1ccccn1.O=C([O-])c1ccccn1.[Co+2].c1ccc2nc3c4cccnc4c4ncccc4c3nc2c1. The normalized spacial score (nSPS) is 10.1. The minimum atomic E-state index is -1.24. The van der Waals surface area contributed by atoms with Crippen molar-refractivity contribution in [2.24, 2.45) is 0 Å². The van der Waals surface area contributed by atoms with Crippen LogP contribution in [0.1, 0.15) is 21.0 Å². The number of nitrogens with zero attached hydrogens (tertiary/aromatic N) is 6. The number of aromatic nitrogens is 6. The van der Waals surface area contributed by atoms with Crippen LogP contribution in [-0.2, 0) is 16.8 Å². The molecule has 0 saturated heterocycles. The Bertz CT molecular complexity index is 1830. The van der Waals surface area contributed by atoms with Gasteiger partial charge in [-0.1, -0.05) is 24.3 Å². The van der Waals surface area contributed by atoms with Crippen LogP contribution in [0.3, 0.4) is 0 Å². The average molecular weight is 585 g/mol. The molecule has 0 saturated carbocycles. The average Bonchev–Trinajstić information content (AvgIpc) is 3.02. The molecule has 2 aromatic carbocycles. The molecule has 7 rings (SSSR count). The molecule has 0 aliphatic rings. The van der Waals surface area contributed by atoms with Crippen molar-refractivity contribution in [3.63, 3.8) is 0 Å². The van der Waals surface area contributed by atoms with E-state index in [1.54, 1.807) is 36.7 Å². The molecule has 5 heterocycles. The monoisotopic (exact) mass is 585 g/mol. The van der Waals surface area contributed by atoms with Crippen molar-refractivity contribution in [2.75, 3.05) is 0 Å². The first-order valence-corrected chi connectivity index (χ1v) is 12.0. The van der Waals surface area contributed by atoms with Gasteiger partial charge in [-0.05, 0) is 60.7 Å². The van der Waals surface area contributed by atoms with Gasteiger partial charge in [0, 0.05) is 35.6 Å². The van der Waals surface area contributed by atoms with Gasteiger partial charge in [0.25, 0.3) is 0 Å². The summed E-state index contributed by atoms with van der Waals surface area (Å²) in [6, 6.07) is 25.1. The second kappa shape index (κ2) is 13.1. The number of benzene rings is 2. The second-order valence-corrected chi connectivity index (χ2v) is 8.21. The van der Waals surface area contributed by atoms with Crippen molar-refractivity contribution in [1.29, 1.82) is 0 Å². The van der Waals surface area contributed by atoms with Crippen LogP contribution in [0.2, 0.25) is 0 Å². The van der Waals surface area contributed by atoms with Crippen molar-refractivity contribution >= 4 is 55.8 Å². The number of carbonyl (C=O) groups is 2. The van der Waals surface area contributed by atoms with Crippen molar-refractivity contribution in [3.8, 4) is 0 Å². The van der Waals surface area contributed by atoms with E-state index >= 15 is 0 Å². The Morgan fingerprint density at radius 1 is 0.463 bits per heavy atom. The number of carboxylic acid groups (broad SMARTS) is 2. The topological polar surface area (TPSA) is 158 Å². The van der Waals surface area contributed by atoms with Gasteiger partial charge in [0.05, 0.1) is 56.4 Å². The number of rotatable bonds is 2. The molecule has 0 aliphatic carbocycles. The van der Waals surface area contributed by atoms with E-state index in [4.69, 9.17) is 9.97 Å². The molecule has 41 heavy (non-hydrogen) atoms. The Morgan fingerprint density at radius 2 is 0.854 bits per heavy atom. The van der Waals surface area contributed by atoms with Crippen LogP contribution in [-0.4, -0.2) is 41.8 Å². The Labute approximate surface area is 243 Å². The minimum absolute atomic E-state index is 0. The smallest absolute Gasteiger partial charge is 0.543 e. The van der Waals surface area contributed by atoms with Gasteiger partial charge >= 0.3 is 16.8 Å². The van der Waals surface area contributed by atoms with Crippen LogP contribution in [0.25, 0.3) is 43.9 Å². The molecule has 11 heteroatoms. The summed E-state index contributed by atoms with van der Waals surface area (Å²) in [4.78, 5) is 45.8. The molecule has 5 aromatic heterocycles. The van der Waals surface area contributed by atoms with Gasteiger partial charge in [0.2, 0.25) is 0 Å². The third-order valence-corrected chi connectivity index (χ3v) is 5.67. The molecule has 0 amide bonds. The van der Waals surface area contributed by atoms with Crippen LogP contribution in [0.4, 0.5) is 0 Å². The van der Waals surface area contributed by atoms with Gasteiger partial charge < -0.3 is 19.8 Å². The molecular formula is C30H18CoN6O4. The fourth-order valence-electron chi connectivity index (χ4n) is 3.91. The summed E-state index contributed by atoms with van der Waals surface area (Å²) in [5, 5.41) is 22.0. The zero-order chi connectivity index (χ0) is 27.9. The van der Waals surface area contributed by atoms with Gasteiger partial charge in [-0.25, -0.2) is 9.97 Å². The third-order valence-electron chi connectivity index (χ3n) is 5.67. The van der Waals surface area contributed by atoms with Crippen LogP contribution in [0.5, 0.6) is 0 Å². The molecular weight excluding hydrogens is 567 g/mol. The van der Waals surface area contributed by atoms with Gasteiger partial charge in [-0.15, -0.1) is 0 Å². The van der Waals surface area contributed by atoms with Crippen molar-refractivity contribution in [1.82, 2.24) is 29.9 Å². The van der Waals surface area contributed by atoms with E-state index in [0.717, 1.165) is 43.9 Å². The number of hydrogen-bond acceptors (Lipinski definition) is 10. The van der Waals surface area contributed by atoms with Crippen LogP contribution < -0.4 is 10.2 Å². The molecule has 1 radical (unpaired) electrons. The predicted molar refractivity (Wildman–Crippen MR) is 145 cm³/mol. The standard InChI is InChI=1S/C18H10N4.2C6H5NO2.Co/c1-2-8-14-13(7-1)21-17-11-5-3-9-19-15(11)16-12(18(17)22-14)6-4-10-20-16;2*8-6(9)5-3-1-2-4-7-5;/h1-10H;2*1-4H,(H,8,9);/q;;;+2/p-2. The largest absolute Gasteiger partial charge is 2.00 e. The third kappa shape index (κ3) is 6.44. The summed E-state index contributed by atoms with van der Waals surface area (Å²) >= 11 is 0. The number of para-hydroxylation sites is 2. The molecule has 201 valence electrons. The second-order valence-electron chi connectivity index (χ2n) is 8.21. The van der Waals surface area contributed by atoms with Gasteiger partial charge in [-0.3, -0.25) is 19.9 Å². The Balaban J connectivity index is 0.000000170. The molecule has 0 spiro atoms. The maximum Gasteiger partial charge on any atom is 2.00 e. The number of hydrogen-bond donors (Lipinski definition) is 0. The predicted octanol–water partition coefficient (Wildman–Crippen LogP) is 2.77. The van der Waals surface area contributed by atoms with Gasteiger partial charge in [0.15, 0.2) is 0 Å². The van der Waals surface area contributed by atoms with Crippen molar-refractivity contribution in [2.45, 2.75) is 0 Å². The number of fused-ring (bicyclic) bond motifs is 7. The quantitative estimate of drug-likeness (QED) is 0.218. The minimum Gasteiger partial charge on any atom is -0.543 e. The van der Waals surface area contributed by atoms with Crippen molar-refractivity contribution < 1.29 is 36.6 Å². The summed E-state index contributed by atoms with van der Waals surface area (Å²) < 4.78 is 0. The van der Waals surface area contributed by atoms with E-state index in [-0.39, 0.29) is 28.2 Å². The molecule has 7 aromatic rings. The number of pyridine rings is 4. The summed E-state index contributed by atoms with van der Waals surface area (Å²) in [6.07, 6.45) is 6.39. The van der Waals surface area contributed by atoms with E-state index in [2.05, 4.69) is 19.9 Å². The zero-order valence-corrected chi connectivity index (χ0v) is 22.1. The van der Waals surface area contributed by atoms with Crippen LogP contribution in [0.15, 0.2) is 110 Å². The molecule has 0 atom stereocenters. The maximum atomic E-state index is 10.0.